The molecule has 1 N–H and O–H groups in total. The number of nitrogens with zero attached hydrogens (tertiary/aromatic N) is 1. The molecule has 1 rings (SSSR count). The molecule has 0 radical (unpaired) electrons. The van der Waals surface area contributed by atoms with Gasteiger partial charge in [-0.2, -0.15) is 0 Å². The first-order valence-corrected chi connectivity index (χ1v) is 6.51. The van der Waals surface area contributed by atoms with Crippen LogP contribution in [-0.2, 0) is 14.3 Å². The Bertz CT molecular complexity index is 336. The molecular formula is C13H23NO5. The Morgan fingerprint density at radius 1 is 1.32 bits per heavy atom. The number of rotatable bonds is 3. The predicted octanol–water partition coefficient (Wildman–Crippen LogP) is 1.88. The molecule has 110 valence electrons. The van der Waals surface area contributed by atoms with Gasteiger partial charge in [-0.05, 0) is 40.0 Å². The Morgan fingerprint density at radius 2 is 1.95 bits per heavy atom. The average molecular weight is 273 g/mol. The second-order valence-corrected chi connectivity index (χ2v) is 5.73. The highest BCUT2D eigenvalue weighted by atomic mass is 16.6. The Labute approximate surface area is 113 Å². The van der Waals surface area contributed by atoms with Gasteiger partial charge in [-0.1, -0.05) is 0 Å². The Balaban J connectivity index is 2.82. The van der Waals surface area contributed by atoms with E-state index in [0.717, 1.165) is 12.8 Å². The number of hydrogen-bond donors (Lipinski definition) is 1. The maximum absolute atomic E-state index is 12.1. The molecule has 0 unspecified atom stereocenters. The lowest BCUT2D eigenvalue weighted by Gasteiger charge is -2.38. The number of carboxylic acid groups (broad SMARTS) is 1. The summed E-state index contributed by atoms with van der Waals surface area (Å²) in [6.45, 7) is 5.87. The molecule has 0 saturated carbocycles. The van der Waals surface area contributed by atoms with Crippen LogP contribution in [0.4, 0.5) is 4.79 Å². The van der Waals surface area contributed by atoms with Gasteiger partial charge in [0.2, 0.25) is 0 Å². The molecule has 0 aromatic rings. The van der Waals surface area contributed by atoms with Crippen molar-refractivity contribution in [1.82, 2.24) is 4.90 Å². The van der Waals surface area contributed by atoms with Crippen LogP contribution in [0.1, 0.15) is 40.0 Å². The number of likely N-dealkylation sites (tertiary alicyclic amines) is 1. The summed E-state index contributed by atoms with van der Waals surface area (Å²) >= 11 is 0. The van der Waals surface area contributed by atoms with Crippen LogP contribution in [0.5, 0.6) is 0 Å². The molecule has 0 aromatic heterocycles. The molecule has 1 aliphatic rings. The number of carbonyl (C=O) groups is 2. The number of piperidine rings is 1. The summed E-state index contributed by atoms with van der Waals surface area (Å²) in [5, 5.41) is 9.15. The first-order chi connectivity index (χ1) is 8.76. The minimum Gasteiger partial charge on any atom is -0.479 e. The van der Waals surface area contributed by atoms with E-state index in [0.29, 0.717) is 13.0 Å². The van der Waals surface area contributed by atoms with Crippen molar-refractivity contribution in [3.8, 4) is 0 Å². The largest absolute Gasteiger partial charge is 0.479 e. The van der Waals surface area contributed by atoms with Crippen molar-refractivity contribution in [2.24, 2.45) is 0 Å². The fraction of sp³-hybridized carbons (Fsp3) is 0.846. The summed E-state index contributed by atoms with van der Waals surface area (Å²) in [5.74, 6) is -1.05. The van der Waals surface area contributed by atoms with E-state index in [1.54, 1.807) is 20.8 Å². The first kappa shape index (κ1) is 15.8. The summed E-state index contributed by atoms with van der Waals surface area (Å²) < 4.78 is 10.3. The third-order valence-electron chi connectivity index (χ3n) is 3.02. The normalized spacial score (nSPS) is 21.9. The van der Waals surface area contributed by atoms with Crippen LogP contribution < -0.4 is 0 Å². The van der Waals surface area contributed by atoms with Gasteiger partial charge in [-0.15, -0.1) is 0 Å². The molecular weight excluding hydrogens is 250 g/mol. The molecule has 0 aliphatic carbocycles. The Hall–Kier alpha value is -1.30. The average Bonchev–Trinajstić information content (AvgIpc) is 2.27. The van der Waals surface area contributed by atoms with Gasteiger partial charge in [-0.3, -0.25) is 0 Å². The second kappa shape index (κ2) is 6.23. The number of carbonyl (C=O) groups excluding carboxylic acids is 1. The lowest BCUT2D eigenvalue weighted by Crippen LogP contribution is -2.54. The Kier molecular flexibility index (Phi) is 5.17. The zero-order valence-electron chi connectivity index (χ0n) is 12.0. The first-order valence-electron chi connectivity index (χ1n) is 6.51. The lowest BCUT2D eigenvalue weighted by atomic mass is 9.97. The molecule has 1 amide bonds. The molecule has 0 bridgehead atoms. The third kappa shape index (κ3) is 4.38. The topological polar surface area (TPSA) is 76.1 Å². The number of aliphatic carboxylic acids is 1. The number of amides is 1. The molecule has 2 atom stereocenters. The third-order valence-corrected chi connectivity index (χ3v) is 3.02. The van der Waals surface area contributed by atoms with Gasteiger partial charge in [0.25, 0.3) is 0 Å². The van der Waals surface area contributed by atoms with Gasteiger partial charge < -0.3 is 19.5 Å². The molecule has 19 heavy (non-hydrogen) atoms. The van der Waals surface area contributed by atoms with E-state index in [-0.39, 0.29) is 0 Å². The van der Waals surface area contributed by atoms with Crippen molar-refractivity contribution < 1.29 is 24.2 Å². The van der Waals surface area contributed by atoms with Crippen LogP contribution in [0, 0.1) is 0 Å². The van der Waals surface area contributed by atoms with Crippen molar-refractivity contribution in [3.05, 3.63) is 0 Å². The maximum atomic E-state index is 12.1. The number of carboxylic acids is 1. The van der Waals surface area contributed by atoms with E-state index in [4.69, 9.17) is 14.6 Å². The predicted molar refractivity (Wildman–Crippen MR) is 69.0 cm³/mol. The molecule has 0 aromatic carbocycles. The summed E-state index contributed by atoms with van der Waals surface area (Å²) in [5.41, 5.74) is -0.592. The highest BCUT2D eigenvalue weighted by Crippen LogP contribution is 2.24. The minimum absolute atomic E-state index is 0.467. The molecule has 1 fully saturated rings. The van der Waals surface area contributed by atoms with Crippen LogP contribution in [0.15, 0.2) is 0 Å². The van der Waals surface area contributed by atoms with Crippen LogP contribution in [0.2, 0.25) is 0 Å². The van der Waals surface area contributed by atoms with Crippen LogP contribution in [0.25, 0.3) is 0 Å². The number of hydrogen-bond acceptors (Lipinski definition) is 4. The van der Waals surface area contributed by atoms with Crippen molar-refractivity contribution in [3.63, 3.8) is 0 Å². The number of ether oxygens (including phenoxy) is 2. The van der Waals surface area contributed by atoms with E-state index < -0.39 is 29.8 Å². The second-order valence-electron chi connectivity index (χ2n) is 5.73. The zero-order chi connectivity index (χ0) is 14.6. The number of methoxy groups -OCH3 is 1. The molecule has 6 heteroatoms. The maximum Gasteiger partial charge on any atom is 0.410 e. The van der Waals surface area contributed by atoms with Crippen LogP contribution in [-0.4, -0.2) is 53.5 Å². The quantitative estimate of drug-likeness (QED) is 0.849. The van der Waals surface area contributed by atoms with Gasteiger partial charge in [-0.25, -0.2) is 9.59 Å². The van der Waals surface area contributed by atoms with Gasteiger partial charge >= 0.3 is 12.1 Å². The fourth-order valence-corrected chi connectivity index (χ4v) is 2.24. The standard InChI is InChI=1S/C13H23NO5/c1-13(2,3)19-12(17)14-8-6-5-7-9(14)10(18-4)11(15)16/h9-10H,5-8H2,1-4H3,(H,15,16)/t9-,10-/m1/s1. The monoisotopic (exact) mass is 273 g/mol. The molecule has 6 nitrogen and oxygen atoms in total. The van der Waals surface area contributed by atoms with Crippen LogP contribution in [0.3, 0.4) is 0 Å². The summed E-state index contributed by atoms with van der Waals surface area (Å²) in [7, 11) is 1.35. The van der Waals surface area contributed by atoms with E-state index >= 15 is 0 Å². The van der Waals surface area contributed by atoms with Crippen molar-refractivity contribution >= 4 is 12.1 Å². The molecule has 1 aliphatic heterocycles. The van der Waals surface area contributed by atoms with E-state index in [9.17, 15) is 9.59 Å². The SMILES string of the molecule is CO[C@@H](C(=O)O)[C@H]1CCCCN1C(=O)OC(C)(C)C. The molecule has 1 heterocycles. The van der Waals surface area contributed by atoms with Crippen molar-refractivity contribution in [2.75, 3.05) is 13.7 Å². The molecule has 1 saturated heterocycles. The van der Waals surface area contributed by atoms with Gasteiger partial charge in [0, 0.05) is 13.7 Å². The smallest absolute Gasteiger partial charge is 0.410 e. The summed E-state index contributed by atoms with van der Waals surface area (Å²) in [4.78, 5) is 24.8. The zero-order valence-corrected chi connectivity index (χ0v) is 12.0. The highest BCUT2D eigenvalue weighted by molar-refractivity contribution is 5.75. The van der Waals surface area contributed by atoms with E-state index in [1.165, 1.54) is 12.0 Å². The lowest BCUT2D eigenvalue weighted by molar-refractivity contribution is -0.153. The van der Waals surface area contributed by atoms with Gasteiger partial charge in [0.15, 0.2) is 6.10 Å². The highest BCUT2D eigenvalue weighted by Gasteiger charge is 2.38. The minimum atomic E-state index is -1.05. The fourth-order valence-electron chi connectivity index (χ4n) is 2.24. The van der Waals surface area contributed by atoms with Crippen molar-refractivity contribution in [1.29, 1.82) is 0 Å². The molecule has 0 spiro atoms. The van der Waals surface area contributed by atoms with E-state index in [1.807, 2.05) is 0 Å². The van der Waals surface area contributed by atoms with Gasteiger partial charge in [0.05, 0.1) is 6.04 Å². The van der Waals surface area contributed by atoms with Crippen LogP contribution >= 0.6 is 0 Å². The van der Waals surface area contributed by atoms with Crippen molar-refractivity contribution in [2.45, 2.75) is 57.8 Å². The summed E-state index contributed by atoms with van der Waals surface area (Å²) in [6.07, 6.45) is 0.876. The Morgan fingerprint density at radius 3 is 2.42 bits per heavy atom. The van der Waals surface area contributed by atoms with Gasteiger partial charge in [0.1, 0.15) is 5.60 Å². The van der Waals surface area contributed by atoms with E-state index in [2.05, 4.69) is 0 Å². The summed E-state index contributed by atoms with van der Waals surface area (Å²) in [6, 6.07) is -0.467.